The Balaban J connectivity index is 2.25. The van der Waals surface area contributed by atoms with E-state index in [2.05, 4.69) is 16.0 Å². The molecule has 1 heterocycles. The van der Waals surface area contributed by atoms with Gasteiger partial charge in [-0.1, -0.05) is 0 Å². The van der Waals surface area contributed by atoms with Crippen molar-refractivity contribution in [1.82, 2.24) is 4.98 Å². The van der Waals surface area contributed by atoms with Gasteiger partial charge < -0.3 is 10.6 Å². The predicted molar refractivity (Wildman–Crippen MR) is 62.9 cm³/mol. The van der Waals surface area contributed by atoms with Crippen LogP contribution < -0.4 is 10.6 Å². The minimum atomic E-state index is 0.330. The summed E-state index contributed by atoms with van der Waals surface area (Å²) in [6.07, 6.45) is 5.87. The fourth-order valence-corrected chi connectivity index (χ4v) is 2.09. The van der Waals surface area contributed by atoms with Crippen molar-refractivity contribution >= 4 is 5.69 Å². The molecule has 16 heavy (non-hydrogen) atoms. The molecule has 1 unspecified atom stereocenters. The minimum absolute atomic E-state index is 0.330. The Morgan fingerprint density at radius 2 is 2.44 bits per heavy atom. The Morgan fingerprint density at radius 1 is 1.69 bits per heavy atom. The third kappa shape index (κ3) is 2.00. The molecule has 2 rings (SSSR count). The van der Waals surface area contributed by atoms with E-state index in [-0.39, 0.29) is 0 Å². The quantitative estimate of drug-likeness (QED) is 0.819. The van der Waals surface area contributed by atoms with Crippen LogP contribution in [0.2, 0.25) is 0 Å². The van der Waals surface area contributed by atoms with Crippen LogP contribution in [0.5, 0.6) is 0 Å². The van der Waals surface area contributed by atoms with Crippen molar-refractivity contribution in [3.8, 4) is 6.07 Å². The smallest absolute Gasteiger partial charge is 0.101 e. The zero-order valence-electron chi connectivity index (χ0n) is 9.43. The summed E-state index contributed by atoms with van der Waals surface area (Å²) < 4.78 is 0. The lowest BCUT2D eigenvalue weighted by molar-refractivity contribution is 0.570. The average Bonchev–Trinajstić information content (AvgIpc) is 3.14. The topological polar surface area (TPSA) is 65.9 Å². The maximum Gasteiger partial charge on any atom is 0.101 e. The second-order valence-corrected chi connectivity index (χ2v) is 4.26. The molecule has 0 radical (unpaired) electrons. The van der Waals surface area contributed by atoms with Gasteiger partial charge in [0.05, 0.1) is 17.4 Å². The number of nitrogens with zero attached hydrogens (tertiary/aromatic N) is 3. The van der Waals surface area contributed by atoms with Gasteiger partial charge in [0.25, 0.3) is 0 Å². The Kier molecular flexibility index (Phi) is 3.07. The molecule has 4 heteroatoms. The monoisotopic (exact) mass is 216 g/mol. The van der Waals surface area contributed by atoms with Gasteiger partial charge >= 0.3 is 0 Å². The Hall–Kier alpha value is -1.60. The molecule has 1 aromatic rings. The number of hydrogen-bond donors (Lipinski definition) is 1. The fraction of sp³-hybridized carbons (Fsp3) is 0.500. The molecule has 1 aliphatic carbocycles. The predicted octanol–water partition coefficient (Wildman–Crippen LogP) is 1.13. The molecule has 0 saturated heterocycles. The molecule has 1 aromatic heterocycles. The summed E-state index contributed by atoms with van der Waals surface area (Å²) in [4.78, 5) is 6.18. The Morgan fingerprint density at radius 3 is 3.00 bits per heavy atom. The maximum atomic E-state index is 9.04. The van der Waals surface area contributed by atoms with E-state index in [4.69, 9.17) is 11.0 Å². The Labute approximate surface area is 95.7 Å². The summed E-state index contributed by atoms with van der Waals surface area (Å²) in [7, 11) is 1.99. The van der Waals surface area contributed by atoms with E-state index in [0.29, 0.717) is 24.1 Å². The first-order valence-electron chi connectivity index (χ1n) is 5.55. The zero-order chi connectivity index (χ0) is 11.5. The van der Waals surface area contributed by atoms with Crippen LogP contribution in [0.15, 0.2) is 18.5 Å². The summed E-state index contributed by atoms with van der Waals surface area (Å²) >= 11 is 0. The number of rotatable bonds is 4. The van der Waals surface area contributed by atoms with E-state index in [1.807, 2.05) is 7.05 Å². The highest BCUT2D eigenvalue weighted by atomic mass is 15.2. The molecule has 0 bridgehead atoms. The van der Waals surface area contributed by atoms with Crippen molar-refractivity contribution in [1.29, 1.82) is 5.26 Å². The van der Waals surface area contributed by atoms with Gasteiger partial charge in [0.2, 0.25) is 0 Å². The van der Waals surface area contributed by atoms with E-state index in [1.165, 1.54) is 12.8 Å². The lowest BCUT2D eigenvalue weighted by Gasteiger charge is -2.29. The number of nitriles is 1. The van der Waals surface area contributed by atoms with Crippen LogP contribution >= 0.6 is 0 Å². The van der Waals surface area contributed by atoms with Crippen LogP contribution in [-0.2, 0) is 0 Å². The second kappa shape index (κ2) is 4.50. The molecule has 0 spiro atoms. The first kappa shape index (κ1) is 10.9. The summed E-state index contributed by atoms with van der Waals surface area (Å²) in [5.41, 5.74) is 7.34. The molecule has 4 nitrogen and oxygen atoms in total. The van der Waals surface area contributed by atoms with Crippen molar-refractivity contribution in [3.63, 3.8) is 0 Å². The molecule has 1 aliphatic rings. The van der Waals surface area contributed by atoms with Crippen LogP contribution in [0.4, 0.5) is 5.69 Å². The van der Waals surface area contributed by atoms with Gasteiger partial charge in [-0.05, 0) is 24.8 Å². The number of anilines is 1. The van der Waals surface area contributed by atoms with Gasteiger partial charge in [0.1, 0.15) is 6.07 Å². The van der Waals surface area contributed by atoms with Crippen molar-refractivity contribution in [3.05, 3.63) is 24.0 Å². The van der Waals surface area contributed by atoms with Crippen LogP contribution in [0.1, 0.15) is 18.4 Å². The first-order valence-corrected chi connectivity index (χ1v) is 5.55. The Bertz CT molecular complexity index is 406. The van der Waals surface area contributed by atoms with Gasteiger partial charge in [-0.2, -0.15) is 5.26 Å². The molecule has 2 N–H and O–H groups in total. The molecular weight excluding hydrogens is 200 g/mol. The highest BCUT2D eigenvalue weighted by Gasteiger charge is 2.33. The molecule has 0 aliphatic heterocycles. The number of aromatic nitrogens is 1. The van der Waals surface area contributed by atoms with Gasteiger partial charge in [-0.25, -0.2) is 0 Å². The highest BCUT2D eigenvalue weighted by molar-refractivity contribution is 5.57. The van der Waals surface area contributed by atoms with Gasteiger partial charge in [0.15, 0.2) is 0 Å². The van der Waals surface area contributed by atoms with E-state index in [9.17, 15) is 0 Å². The van der Waals surface area contributed by atoms with E-state index in [1.54, 1.807) is 18.5 Å². The summed E-state index contributed by atoms with van der Waals surface area (Å²) in [5.74, 6) is 0.682. The van der Waals surface area contributed by atoms with Crippen molar-refractivity contribution < 1.29 is 0 Å². The average molecular weight is 216 g/mol. The van der Waals surface area contributed by atoms with Gasteiger partial charge in [-0.15, -0.1) is 0 Å². The molecule has 1 fully saturated rings. The van der Waals surface area contributed by atoms with Crippen molar-refractivity contribution in [2.45, 2.75) is 18.9 Å². The minimum Gasteiger partial charge on any atom is -0.368 e. The van der Waals surface area contributed by atoms with Crippen molar-refractivity contribution in [2.24, 2.45) is 11.7 Å². The van der Waals surface area contributed by atoms with Gasteiger partial charge in [0, 0.05) is 25.8 Å². The molecule has 1 saturated carbocycles. The molecular formula is C12H16N4. The van der Waals surface area contributed by atoms with E-state index < -0.39 is 0 Å². The standard InChI is InChI=1S/C12H16N4/c1-16(11(7-14)9-2-3-9)12-8-15-5-4-10(12)6-13/h4-5,8-9,11H,2-3,7,14H2,1H3. The number of pyridine rings is 1. The normalized spacial score (nSPS) is 16.6. The van der Waals surface area contributed by atoms with Crippen LogP contribution in [0.25, 0.3) is 0 Å². The summed E-state index contributed by atoms with van der Waals surface area (Å²) in [5, 5.41) is 9.04. The molecule has 0 aromatic carbocycles. The van der Waals surface area contributed by atoms with Crippen LogP contribution in [0.3, 0.4) is 0 Å². The summed E-state index contributed by atoms with van der Waals surface area (Å²) in [6.45, 7) is 0.626. The van der Waals surface area contributed by atoms with E-state index in [0.717, 1.165) is 5.69 Å². The lowest BCUT2D eigenvalue weighted by atomic mass is 10.1. The molecule has 1 atom stereocenters. The SMILES string of the molecule is CN(c1cnccc1C#N)C(CN)C1CC1. The highest BCUT2D eigenvalue weighted by Crippen LogP contribution is 2.36. The van der Waals surface area contributed by atoms with Crippen LogP contribution in [-0.4, -0.2) is 24.6 Å². The van der Waals surface area contributed by atoms with Crippen molar-refractivity contribution in [2.75, 3.05) is 18.5 Å². The largest absolute Gasteiger partial charge is 0.368 e. The third-order valence-electron chi connectivity index (χ3n) is 3.21. The van der Waals surface area contributed by atoms with Crippen LogP contribution in [0, 0.1) is 17.2 Å². The van der Waals surface area contributed by atoms with E-state index >= 15 is 0 Å². The zero-order valence-corrected chi connectivity index (χ0v) is 9.43. The first-order chi connectivity index (χ1) is 7.77. The maximum absolute atomic E-state index is 9.04. The summed E-state index contributed by atoms with van der Waals surface area (Å²) in [6, 6.07) is 4.26. The number of nitrogens with two attached hydrogens (primary N) is 1. The van der Waals surface area contributed by atoms with Gasteiger partial charge in [-0.3, -0.25) is 4.98 Å². The molecule has 84 valence electrons. The third-order valence-corrected chi connectivity index (χ3v) is 3.21. The second-order valence-electron chi connectivity index (χ2n) is 4.26. The number of hydrogen-bond acceptors (Lipinski definition) is 4. The lowest BCUT2D eigenvalue weighted by Crippen LogP contribution is -2.40. The molecule has 0 amide bonds. The number of likely N-dealkylation sites (N-methyl/N-ethyl adjacent to an activating group) is 1. The fourth-order valence-electron chi connectivity index (χ4n) is 2.09.